The van der Waals surface area contributed by atoms with Gasteiger partial charge >= 0.3 is 0 Å². The Balaban J connectivity index is 2.05. The van der Waals surface area contributed by atoms with Gasteiger partial charge in [-0.05, 0) is 30.6 Å². The second-order valence-corrected chi connectivity index (χ2v) is 4.19. The lowest BCUT2D eigenvalue weighted by atomic mass is 9.61. The van der Waals surface area contributed by atoms with Crippen LogP contribution < -0.4 is 0 Å². The molecule has 0 saturated heterocycles. The maximum absolute atomic E-state index is 9.85. The maximum Gasteiger partial charge on any atom is 0.293 e. The first-order valence-corrected chi connectivity index (χ1v) is 4.75. The highest BCUT2D eigenvalue weighted by Crippen LogP contribution is 2.48. The highest BCUT2D eigenvalue weighted by Gasteiger charge is 2.37. The fourth-order valence-electron chi connectivity index (χ4n) is 2.11. The topological polar surface area (TPSA) is 26.3 Å². The molecular formula is C10H18O2. The normalized spacial score (nSPS) is 34.0. The summed E-state index contributed by atoms with van der Waals surface area (Å²) in [6.45, 7) is 5.73. The van der Waals surface area contributed by atoms with E-state index in [1.54, 1.807) is 0 Å². The highest BCUT2D eigenvalue weighted by atomic mass is 16.5. The molecule has 0 amide bonds. The van der Waals surface area contributed by atoms with Crippen LogP contribution in [0.2, 0.25) is 0 Å². The summed E-state index contributed by atoms with van der Waals surface area (Å²) in [5.41, 5.74) is 0.589. The smallest absolute Gasteiger partial charge is 0.293 e. The van der Waals surface area contributed by atoms with E-state index >= 15 is 0 Å². The zero-order valence-corrected chi connectivity index (χ0v) is 8.01. The molecule has 70 valence electrons. The van der Waals surface area contributed by atoms with E-state index < -0.39 is 0 Å². The van der Waals surface area contributed by atoms with Crippen molar-refractivity contribution >= 4 is 6.47 Å². The van der Waals surface area contributed by atoms with Gasteiger partial charge in [-0.25, -0.2) is 0 Å². The van der Waals surface area contributed by atoms with Crippen molar-refractivity contribution in [2.75, 3.05) is 6.61 Å². The lowest BCUT2D eigenvalue weighted by Crippen LogP contribution is -2.34. The van der Waals surface area contributed by atoms with E-state index in [1.807, 2.05) is 0 Å². The largest absolute Gasteiger partial charge is 0.468 e. The molecule has 12 heavy (non-hydrogen) atoms. The van der Waals surface area contributed by atoms with Gasteiger partial charge in [0.15, 0.2) is 0 Å². The minimum atomic E-state index is 0.539. The summed E-state index contributed by atoms with van der Waals surface area (Å²) in [6, 6.07) is 0. The number of hydrogen-bond donors (Lipinski definition) is 0. The maximum atomic E-state index is 9.85. The molecule has 1 rings (SSSR count). The van der Waals surface area contributed by atoms with Crippen LogP contribution in [0.4, 0.5) is 0 Å². The van der Waals surface area contributed by atoms with E-state index in [0.717, 1.165) is 12.3 Å². The molecule has 2 nitrogen and oxygen atoms in total. The van der Waals surface area contributed by atoms with Crippen molar-refractivity contribution in [2.45, 2.75) is 39.5 Å². The molecule has 0 atom stereocenters. The van der Waals surface area contributed by atoms with Gasteiger partial charge in [-0.2, -0.15) is 0 Å². The number of rotatable bonds is 5. The molecule has 1 aliphatic carbocycles. The highest BCUT2D eigenvalue weighted by molar-refractivity contribution is 5.36. The van der Waals surface area contributed by atoms with Gasteiger partial charge in [0.25, 0.3) is 6.47 Å². The van der Waals surface area contributed by atoms with Gasteiger partial charge in [0.2, 0.25) is 0 Å². The fourth-order valence-corrected chi connectivity index (χ4v) is 2.11. The molecule has 0 aliphatic heterocycles. The molecule has 0 unspecified atom stereocenters. The molecule has 0 aromatic carbocycles. The molecule has 0 spiro atoms. The van der Waals surface area contributed by atoms with Crippen LogP contribution in [0.15, 0.2) is 0 Å². The predicted octanol–water partition coefficient (Wildman–Crippen LogP) is 2.38. The Kier molecular flexibility index (Phi) is 3.12. The molecular weight excluding hydrogens is 152 g/mol. The Hall–Kier alpha value is -0.530. The molecule has 0 aromatic rings. The Morgan fingerprint density at radius 3 is 2.75 bits per heavy atom. The van der Waals surface area contributed by atoms with Crippen LogP contribution in [0.1, 0.15) is 39.5 Å². The minimum Gasteiger partial charge on any atom is -0.468 e. The summed E-state index contributed by atoms with van der Waals surface area (Å²) in [5, 5.41) is 0. The second kappa shape index (κ2) is 3.92. The third-order valence-electron chi connectivity index (χ3n) is 3.13. The van der Waals surface area contributed by atoms with Crippen LogP contribution in [0.5, 0.6) is 0 Å². The summed E-state index contributed by atoms with van der Waals surface area (Å²) in [6.07, 6.45) is 4.95. The lowest BCUT2D eigenvalue weighted by Gasteiger charge is -2.45. The first-order chi connectivity index (χ1) is 5.70. The Morgan fingerprint density at radius 2 is 2.25 bits per heavy atom. The van der Waals surface area contributed by atoms with Crippen molar-refractivity contribution in [3.63, 3.8) is 0 Å². The van der Waals surface area contributed by atoms with Crippen LogP contribution in [0.3, 0.4) is 0 Å². The zero-order valence-electron chi connectivity index (χ0n) is 8.01. The van der Waals surface area contributed by atoms with Crippen molar-refractivity contribution < 1.29 is 9.53 Å². The molecule has 1 fully saturated rings. The van der Waals surface area contributed by atoms with E-state index in [9.17, 15) is 4.79 Å². The first kappa shape index (κ1) is 9.56. The molecule has 0 N–H and O–H groups in total. The summed E-state index contributed by atoms with van der Waals surface area (Å²) in [7, 11) is 0. The fraction of sp³-hybridized carbons (Fsp3) is 0.900. The third kappa shape index (κ3) is 2.23. The Morgan fingerprint density at radius 1 is 1.58 bits per heavy atom. The van der Waals surface area contributed by atoms with Crippen molar-refractivity contribution in [1.29, 1.82) is 0 Å². The number of ether oxygens (including phenoxy) is 1. The SMILES string of the molecule is CCC1(C)CC(CCOC=O)C1. The van der Waals surface area contributed by atoms with Crippen LogP contribution >= 0.6 is 0 Å². The quantitative estimate of drug-likeness (QED) is 0.467. The van der Waals surface area contributed by atoms with Gasteiger partial charge in [-0.1, -0.05) is 20.3 Å². The van der Waals surface area contributed by atoms with Gasteiger partial charge in [-0.15, -0.1) is 0 Å². The van der Waals surface area contributed by atoms with Crippen molar-refractivity contribution in [2.24, 2.45) is 11.3 Å². The Labute approximate surface area is 74.3 Å². The van der Waals surface area contributed by atoms with Gasteiger partial charge in [-0.3, -0.25) is 4.79 Å². The van der Waals surface area contributed by atoms with Gasteiger partial charge in [0.1, 0.15) is 0 Å². The molecule has 2 heteroatoms. The van der Waals surface area contributed by atoms with E-state index in [0.29, 0.717) is 18.5 Å². The summed E-state index contributed by atoms with van der Waals surface area (Å²) >= 11 is 0. The third-order valence-corrected chi connectivity index (χ3v) is 3.13. The Bertz CT molecular complexity index is 148. The molecule has 1 aliphatic rings. The van der Waals surface area contributed by atoms with Crippen molar-refractivity contribution in [1.82, 2.24) is 0 Å². The molecule has 0 aromatic heterocycles. The first-order valence-electron chi connectivity index (χ1n) is 4.75. The zero-order chi connectivity index (χ0) is 9.03. The molecule has 0 heterocycles. The number of carbonyl (C=O) groups is 1. The monoisotopic (exact) mass is 170 g/mol. The minimum absolute atomic E-state index is 0.539. The average molecular weight is 170 g/mol. The second-order valence-electron chi connectivity index (χ2n) is 4.19. The van der Waals surface area contributed by atoms with E-state index in [4.69, 9.17) is 0 Å². The molecule has 1 saturated carbocycles. The van der Waals surface area contributed by atoms with Gasteiger partial charge in [0.05, 0.1) is 6.61 Å². The van der Waals surface area contributed by atoms with Crippen LogP contribution in [-0.2, 0) is 9.53 Å². The molecule has 0 bridgehead atoms. The van der Waals surface area contributed by atoms with Gasteiger partial charge in [0, 0.05) is 0 Å². The van der Waals surface area contributed by atoms with E-state index in [2.05, 4.69) is 18.6 Å². The summed E-state index contributed by atoms with van der Waals surface area (Å²) < 4.78 is 4.66. The summed E-state index contributed by atoms with van der Waals surface area (Å²) in [4.78, 5) is 9.85. The molecule has 0 radical (unpaired) electrons. The van der Waals surface area contributed by atoms with Crippen molar-refractivity contribution in [3.8, 4) is 0 Å². The summed E-state index contributed by atoms with van der Waals surface area (Å²) in [5.74, 6) is 0.801. The average Bonchev–Trinajstić information content (AvgIpc) is 2.01. The van der Waals surface area contributed by atoms with E-state index in [1.165, 1.54) is 19.3 Å². The van der Waals surface area contributed by atoms with Crippen LogP contribution in [-0.4, -0.2) is 13.1 Å². The van der Waals surface area contributed by atoms with E-state index in [-0.39, 0.29) is 0 Å². The number of carbonyl (C=O) groups excluding carboxylic acids is 1. The standard InChI is InChI=1S/C10H18O2/c1-3-10(2)6-9(7-10)4-5-12-8-11/h8-9H,3-7H2,1-2H3. The van der Waals surface area contributed by atoms with Crippen LogP contribution in [0.25, 0.3) is 0 Å². The van der Waals surface area contributed by atoms with Crippen LogP contribution in [0, 0.1) is 11.3 Å². The van der Waals surface area contributed by atoms with Gasteiger partial charge < -0.3 is 4.74 Å². The lowest BCUT2D eigenvalue weighted by molar-refractivity contribution is -0.129. The number of hydrogen-bond acceptors (Lipinski definition) is 2. The predicted molar refractivity (Wildman–Crippen MR) is 47.8 cm³/mol. The van der Waals surface area contributed by atoms with Crippen molar-refractivity contribution in [3.05, 3.63) is 0 Å².